The van der Waals surface area contributed by atoms with Crippen LogP contribution in [0.25, 0.3) is 0 Å². The molecule has 0 spiro atoms. The van der Waals surface area contributed by atoms with Crippen LogP contribution in [0.15, 0.2) is 0 Å². The molecule has 2 aliphatic heterocycles. The summed E-state index contributed by atoms with van der Waals surface area (Å²) in [6.07, 6.45) is 4.41. The van der Waals surface area contributed by atoms with Gasteiger partial charge in [-0.2, -0.15) is 0 Å². The molecule has 0 aliphatic carbocycles. The van der Waals surface area contributed by atoms with E-state index in [1.54, 1.807) is 11.8 Å². The number of likely N-dealkylation sites (tertiary alicyclic amines) is 1. The van der Waals surface area contributed by atoms with Crippen molar-refractivity contribution < 1.29 is 9.90 Å². The minimum absolute atomic E-state index is 0.128. The van der Waals surface area contributed by atoms with Gasteiger partial charge in [-0.3, -0.25) is 9.69 Å². The molecule has 0 aromatic heterocycles. The second-order valence-corrected chi connectivity index (χ2v) is 6.26. The number of amides is 1. The van der Waals surface area contributed by atoms with E-state index in [9.17, 15) is 9.90 Å². The Bertz CT molecular complexity index is 314. The molecule has 2 heterocycles. The summed E-state index contributed by atoms with van der Waals surface area (Å²) in [5.41, 5.74) is 0. The zero-order valence-corrected chi connectivity index (χ0v) is 12.9. The number of aliphatic hydroxyl groups is 1. The normalized spacial score (nSPS) is 27.6. The van der Waals surface area contributed by atoms with E-state index in [4.69, 9.17) is 0 Å². The van der Waals surface area contributed by atoms with Crippen molar-refractivity contribution in [3.8, 4) is 0 Å². The molecule has 5 nitrogen and oxygen atoms in total. The van der Waals surface area contributed by atoms with E-state index >= 15 is 0 Å². The Balaban J connectivity index is 1.68. The van der Waals surface area contributed by atoms with Gasteiger partial charge in [-0.05, 0) is 46.3 Å². The number of aliphatic hydroxyl groups excluding tert-OH is 1. The highest BCUT2D eigenvalue weighted by Crippen LogP contribution is 2.18. The summed E-state index contributed by atoms with van der Waals surface area (Å²) in [4.78, 5) is 18.4. The van der Waals surface area contributed by atoms with Crippen LogP contribution in [0.2, 0.25) is 0 Å². The predicted molar refractivity (Wildman–Crippen MR) is 79.6 cm³/mol. The second-order valence-electron chi connectivity index (χ2n) is 6.26. The van der Waals surface area contributed by atoms with Gasteiger partial charge in [-0.15, -0.1) is 0 Å². The minimum atomic E-state index is -0.863. The van der Waals surface area contributed by atoms with Crippen LogP contribution in [0.3, 0.4) is 0 Å². The summed E-state index contributed by atoms with van der Waals surface area (Å²) in [6.45, 7) is 7.30. The Hall–Kier alpha value is -0.650. The Labute approximate surface area is 122 Å². The minimum Gasteiger partial charge on any atom is -0.384 e. The molecule has 2 fully saturated rings. The third kappa shape index (κ3) is 4.17. The van der Waals surface area contributed by atoms with Crippen LogP contribution in [0.5, 0.6) is 0 Å². The number of carbonyl (C=O) groups excluding carboxylic acids is 1. The summed E-state index contributed by atoms with van der Waals surface area (Å²) in [7, 11) is 2.24. The summed E-state index contributed by atoms with van der Waals surface area (Å²) >= 11 is 0. The van der Waals surface area contributed by atoms with Crippen LogP contribution in [0.1, 0.15) is 32.6 Å². The molecule has 1 amide bonds. The number of rotatable bonds is 4. The van der Waals surface area contributed by atoms with Gasteiger partial charge in [0.2, 0.25) is 0 Å². The standard InChI is InChI=1S/C15H29N3O2/c1-13(19)15(20)18-11-9-17(10-12-18)8-6-14-5-3-4-7-16(14)2/h13-14,19H,3-12H2,1-2H3/t13-,14-/m0/s1. The molecule has 0 aromatic rings. The van der Waals surface area contributed by atoms with E-state index in [0.29, 0.717) is 0 Å². The average molecular weight is 283 g/mol. The van der Waals surface area contributed by atoms with Gasteiger partial charge >= 0.3 is 0 Å². The van der Waals surface area contributed by atoms with Crippen molar-refractivity contribution in [1.29, 1.82) is 0 Å². The third-order valence-electron chi connectivity index (χ3n) is 4.74. The molecule has 1 N–H and O–H groups in total. The van der Waals surface area contributed by atoms with Gasteiger partial charge in [-0.25, -0.2) is 0 Å². The lowest BCUT2D eigenvalue weighted by Crippen LogP contribution is -2.51. The maximum Gasteiger partial charge on any atom is 0.251 e. The Morgan fingerprint density at radius 1 is 1.20 bits per heavy atom. The highest BCUT2D eigenvalue weighted by molar-refractivity contribution is 5.80. The molecule has 2 aliphatic rings. The zero-order valence-electron chi connectivity index (χ0n) is 12.9. The highest BCUT2D eigenvalue weighted by atomic mass is 16.3. The smallest absolute Gasteiger partial charge is 0.251 e. The van der Waals surface area contributed by atoms with Gasteiger partial charge in [0.15, 0.2) is 0 Å². The van der Waals surface area contributed by atoms with Crippen LogP contribution in [-0.2, 0) is 4.79 Å². The fourth-order valence-corrected chi connectivity index (χ4v) is 3.30. The Kier molecular flexibility index (Phi) is 5.81. The summed E-state index contributed by atoms with van der Waals surface area (Å²) in [6, 6.07) is 0.737. The molecule has 0 aromatic carbocycles. The molecule has 5 heteroatoms. The van der Waals surface area contributed by atoms with Gasteiger partial charge in [0.05, 0.1) is 0 Å². The van der Waals surface area contributed by atoms with Crippen molar-refractivity contribution in [3.63, 3.8) is 0 Å². The second kappa shape index (κ2) is 7.38. The molecular weight excluding hydrogens is 254 g/mol. The lowest BCUT2D eigenvalue weighted by molar-refractivity contribution is -0.141. The number of hydrogen-bond acceptors (Lipinski definition) is 4. The number of piperazine rings is 1. The molecule has 2 saturated heterocycles. The molecule has 2 rings (SSSR count). The van der Waals surface area contributed by atoms with Crippen molar-refractivity contribution >= 4 is 5.91 Å². The van der Waals surface area contributed by atoms with Crippen LogP contribution >= 0.6 is 0 Å². The highest BCUT2D eigenvalue weighted by Gasteiger charge is 2.25. The molecule has 0 bridgehead atoms. The number of nitrogens with zero attached hydrogens (tertiary/aromatic N) is 3. The predicted octanol–water partition coefficient (Wildman–Crippen LogP) is 0.386. The molecule has 2 atom stereocenters. The molecule has 0 radical (unpaired) electrons. The first kappa shape index (κ1) is 15.7. The Morgan fingerprint density at radius 3 is 2.50 bits per heavy atom. The first-order valence-electron chi connectivity index (χ1n) is 7.97. The van der Waals surface area contributed by atoms with Crippen LogP contribution < -0.4 is 0 Å². The molecular formula is C15H29N3O2. The first-order chi connectivity index (χ1) is 9.58. The zero-order chi connectivity index (χ0) is 14.5. The largest absolute Gasteiger partial charge is 0.384 e. The molecule has 20 heavy (non-hydrogen) atoms. The maximum absolute atomic E-state index is 11.7. The van der Waals surface area contributed by atoms with Crippen molar-refractivity contribution in [2.75, 3.05) is 46.3 Å². The molecule has 116 valence electrons. The SMILES string of the molecule is C[C@H](O)C(=O)N1CCN(CC[C@@H]2CCCCN2C)CC1. The van der Waals surface area contributed by atoms with Crippen molar-refractivity contribution in [2.45, 2.75) is 44.8 Å². The summed E-state index contributed by atoms with van der Waals surface area (Å²) in [5, 5.41) is 9.33. The van der Waals surface area contributed by atoms with Gasteiger partial charge in [0.25, 0.3) is 5.91 Å². The van der Waals surface area contributed by atoms with Crippen molar-refractivity contribution in [3.05, 3.63) is 0 Å². The van der Waals surface area contributed by atoms with Gasteiger partial charge in [0, 0.05) is 32.2 Å². The Morgan fingerprint density at radius 2 is 1.90 bits per heavy atom. The summed E-state index contributed by atoms with van der Waals surface area (Å²) in [5.74, 6) is -0.128. The molecule has 0 unspecified atom stereocenters. The van der Waals surface area contributed by atoms with Crippen molar-refractivity contribution in [1.82, 2.24) is 14.7 Å². The van der Waals surface area contributed by atoms with E-state index < -0.39 is 6.10 Å². The van der Waals surface area contributed by atoms with E-state index in [1.165, 1.54) is 32.2 Å². The fourth-order valence-electron chi connectivity index (χ4n) is 3.30. The molecule has 0 saturated carbocycles. The average Bonchev–Trinajstić information content (AvgIpc) is 2.46. The quantitative estimate of drug-likeness (QED) is 0.810. The topological polar surface area (TPSA) is 47.0 Å². The van der Waals surface area contributed by atoms with Gasteiger partial charge < -0.3 is 14.9 Å². The van der Waals surface area contributed by atoms with E-state index in [0.717, 1.165) is 38.8 Å². The first-order valence-corrected chi connectivity index (χ1v) is 7.97. The van der Waals surface area contributed by atoms with Gasteiger partial charge in [0.1, 0.15) is 6.10 Å². The van der Waals surface area contributed by atoms with Crippen molar-refractivity contribution in [2.24, 2.45) is 0 Å². The fraction of sp³-hybridized carbons (Fsp3) is 0.933. The maximum atomic E-state index is 11.7. The van der Waals surface area contributed by atoms with Crippen LogP contribution in [0.4, 0.5) is 0 Å². The third-order valence-corrected chi connectivity index (χ3v) is 4.74. The van der Waals surface area contributed by atoms with Gasteiger partial charge in [-0.1, -0.05) is 6.42 Å². The lowest BCUT2D eigenvalue weighted by atomic mass is 10.00. The van der Waals surface area contributed by atoms with E-state index in [-0.39, 0.29) is 5.91 Å². The van der Waals surface area contributed by atoms with Crippen LogP contribution in [0, 0.1) is 0 Å². The lowest BCUT2D eigenvalue weighted by Gasteiger charge is -2.38. The monoisotopic (exact) mass is 283 g/mol. The van der Waals surface area contributed by atoms with E-state index in [2.05, 4.69) is 16.8 Å². The summed E-state index contributed by atoms with van der Waals surface area (Å²) < 4.78 is 0. The van der Waals surface area contributed by atoms with E-state index in [1.807, 2.05) is 0 Å². The number of piperidine rings is 1. The number of carbonyl (C=O) groups is 1. The number of hydrogen-bond donors (Lipinski definition) is 1. The van der Waals surface area contributed by atoms with Crippen LogP contribution in [-0.4, -0.2) is 84.2 Å².